The number of aliphatic hydroxyl groups excluding tert-OH is 1. The molecule has 0 bridgehead atoms. The first kappa shape index (κ1) is 15.2. The van der Waals surface area contributed by atoms with Crippen LogP contribution >= 0.6 is 8.17 Å². The molecule has 7 heteroatoms. The first-order chi connectivity index (χ1) is 6.69. The summed E-state index contributed by atoms with van der Waals surface area (Å²) in [5.74, 6) is 0. The van der Waals surface area contributed by atoms with Crippen molar-refractivity contribution in [3.8, 4) is 0 Å². The fourth-order valence-corrected chi connectivity index (χ4v) is 1.04. The molecular weight excluding hydrogens is 223 g/mol. The van der Waals surface area contributed by atoms with E-state index in [1.807, 2.05) is 20.8 Å². The molecule has 0 aliphatic heterocycles. The van der Waals surface area contributed by atoms with Crippen molar-refractivity contribution < 1.29 is 29.0 Å². The molecule has 0 saturated heterocycles. The number of hydrogen-bond donors (Lipinski definition) is 4. The molecular formula is C8H20O6P+. The van der Waals surface area contributed by atoms with Gasteiger partial charge in [-0.3, -0.25) is 0 Å². The molecule has 0 radical (unpaired) electrons. The predicted octanol–water partition coefficient (Wildman–Crippen LogP) is 0.429. The number of hydrogen-bond acceptors (Lipinski definition) is 6. The van der Waals surface area contributed by atoms with E-state index >= 15 is 0 Å². The molecule has 0 aromatic heterocycles. The van der Waals surface area contributed by atoms with Crippen LogP contribution in [0, 0.1) is 5.41 Å². The average molecular weight is 243 g/mol. The molecule has 0 saturated carbocycles. The second-order valence-electron chi connectivity index (χ2n) is 3.91. The third-order valence-corrected chi connectivity index (χ3v) is 2.73. The van der Waals surface area contributed by atoms with Crippen molar-refractivity contribution in [2.75, 3.05) is 13.2 Å². The van der Waals surface area contributed by atoms with Crippen molar-refractivity contribution in [1.82, 2.24) is 0 Å². The minimum absolute atomic E-state index is 0.0198. The Bertz CT molecular complexity index is 178. The molecule has 0 aromatic carbocycles. The van der Waals surface area contributed by atoms with Crippen LogP contribution in [0.5, 0.6) is 0 Å². The quantitative estimate of drug-likeness (QED) is 0.294. The Labute approximate surface area is 90.1 Å². The van der Waals surface area contributed by atoms with E-state index < -0.39 is 14.5 Å². The van der Waals surface area contributed by atoms with Crippen molar-refractivity contribution in [2.24, 2.45) is 5.41 Å². The van der Waals surface area contributed by atoms with Gasteiger partial charge in [-0.15, -0.1) is 0 Å². The highest BCUT2D eigenvalue weighted by atomic mass is 31.2. The maximum absolute atomic E-state index is 9.55. The van der Waals surface area contributed by atoms with Crippen molar-refractivity contribution in [1.29, 1.82) is 0 Å². The van der Waals surface area contributed by atoms with Crippen LogP contribution in [0.2, 0.25) is 0 Å². The largest absolute Gasteiger partial charge is 0.567 e. The van der Waals surface area contributed by atoms with Gasteiger partial charge in [0.1, 0.15) is 6.61 Å². The van der Waals surface area contributed by atoms with Crippen LogP contribution in [0.3, 0.4) is 0 Å². The van der Waals surface area contributed by atoms with E-state index in [0.717, 1.165) is 6.42 Å². The summed E-state index contributed by atoms with van der Waals surface area (Å²) < 4.78 is 9.28. The van der Waals surface area contributed by atoms with Gasteiger partial charge in [0.25, 0.3) is 0 Å². The zero-order chi connectivity index (χ0) is 12.1. The molecule has 0 fully saturated rings. The zero-order valence-electron chi connectivity index (χ0n) is 9.25. The lowest BCUT2D eigenvalue weighted by molar-refractivity contribution is -0.169. The van der Waals surface area contributed by atoms with Crippen LogP contribution in [0.4, 0.5) is 0 Å². The molecule has 0 aliphatic carbocycles. The Morgan fingerprint density at radius 2 is 1.73 bits per heavy atom. The van der Waals surface area contributed by atoms with Crippen LogP contribution in [0.15, 0.2) is 0 Å². The van der Waals surface area contributed by atoms with Crippen molar-refractivity contribution in [3.63, 3.8) is 0 Å². The first-order valence-corrected chi connectivity index (χ1v) is 6.27. The van der Waals surface area contributed by atoms with Gasteiger partial charge in [-0.2, -0.15) is 19.2 Å². The van der Waals surface area contributed by atoms with E-state index in [-0.39, 0.29) is 18.6 Å². The Hall–Kier alpha value is 0.190. The van der Waals surface area contributed by atoms with Crippen LogP contribution in [0.25, 0.3) is 0 Å². The van der Waals surface area contributed by atoms with Crippen molar-refractivity contribution in [2.45, 2.75) is 33.5 Å². The highest BCUT2D eigenvalue weighted by Gasteiger charge is 2.33. The molecule has 0 amide bonds. The average Bonchev–Trinajstić information content (AvgIpc) is 2.10. The van der Waals surface area contributed by atoms with Gasteiger partial charge < -0.3 is 9.84 Å². The third kappa shape index (κ3) is 7.14. The van der Waals surface area contributed by atoms with E-state index in [0.29, 0.717) is 0 Å². The molecule has 0 heterocycles. The van der Waals surface area contributed by atoms with Crippen LogP contribution in [-0.2, 0) is 9.26 Å². The van der Waals surface area contributed by atoms with Gasteiger partial charge in [-0.05, 0) is 6.42 Å². The standard InChI is InChI=1S/C8H20O6P/c1-4-8(2,3)7(9)13-5-6-14-15(10,11)12/h7,9-12H,4-6H2,1-3H3/q+1. The van der Waals surface area contributed by atoms with Gasteiger partial charge in [0.2, 0.25) is 0 Å². The van der Waals surface area contributed by atoms with E-state index in [2.05, 4.69) is 4.52 Å². The second kappa shape index (κ2) is 6.06. The first-order valence-electron chi connectivity index (χ1n) is 4.70. The Balaban J connectivity index is 3.69. The summed E-state index contributed by atoms with van der Waals surface area (Å²) >= 11 is 0. The van der Waals surface area contributed by atoms with Gasteiger partial charge in [0, 0.05) is 5.41 Å². The van der Waals surface area contributed by atoms with E-state index in [1.54, 1.807) is 0 Å². The molecule has 15 heavy (non-hydrogen) atoms. The Morgan fingerprint density at radius 3 is 2.13 bits per heavy atom. The predicted molar refractivity (Wildman–Crippen MR) is 55.6 cm³/mol. The molecule has 0 rings (SSSR count). The lowest BCUT2D eigenvalue weighted by Crippen LogP contribution is -2.32. The molecule has 4 N–H and O–H groups in total. The smallest absolute Gasteiger partial charge is 0.368 e. The summed E-state index contributed by atoms with van der Waals surface area (Å²) in [6.45, 7) is 5.41. The van der Waals surface area contributed by atoms with Gasteiger partial charge in [0.05, 0.1) is 6.61 Å². The minimum atomic E-state index is -4.18. The van der Waals surface area contributed by atoms with Gasteiger partial charge >= 0.3 is 8.17 Å². The summed E-state index contributed by atoms with van der Waals surface area (Å²) in [5.41, 5.74) is -0.371. The van der Waals surface area contributed by atoms with Gasteiger partial charge in [0.15, 0.2) is 6.29 Å². The highest BCUT2D eigenvalue weighted by molar-refractivity contribution is 7.53. The molecule has 0 spiro atoms. The fourth-order valence-electron chi connectivity index (χ4n) is 0.720. The molecule has 0 aromatic rings. The van der Waals surface area contributed by atoms with Crippen LogP contribution in [0.1, 0.15) is 27.2 Å². The summed E-state index contributed by atoms with van der Waals surface area (Å²) in [6, 6.07) is 0. The number of aliphatic hydroxyl groups is 1. The maximum atomic E-state index is 9.55. The summed E-state index contributed by atoms with van der Waals surface area (Å²) in [4.78, 5) is 25.4. The molecule has 1 unspecified atom stereocenters. The van der Waals surface area contributed by atoms with Crippen molar-refractivity contribution >= 4 is 8.17 Å². The van der Waals surface area contributed by atoms with Crippen LogP contribution in [-0.4, -0.2) is 39.3 Å². The van der Waals surface area contributed by atoms with Gasteiger partial charge in [-0.25, -0.2) is 0 Å². The minimum Gasteiger partial charge on any atom is -0.368 e. The zero-order valence-corrected chi connectivity index (χ0v) is 10.1. The lowest BCUT2D eigenvalue weighted by Gasteiger charge is -2.28. The van der Waals surface area contributed by atoms with Gasteiger partial charge in [-0.1, -0.05) is 20.8 Å². The summed E-state index contributed by atoms with van der Waals surface area (Å²) in [5, 5.41) is 9.55. The van der Waals surface area contributed by atoms with Crippen LogP contribution < -0.4 is 0 Å². The molecule has 6 nitrogen and oxygen atoms in total. The normalized spacial score (nSPS) is 15.4. The van der Waals surface area contributed by atoms with E-state index in [9.17, 15) is 5.11 Å². The lowest BCUT2D eigenvalue weighted by atomic mass is 9.90. The molecule has 92 valence electrons. The maximum Gasteiger partial charge on any atom is 0.567 e. The monoisotopic (exact) mass is 243 g/mol. The molecule has 1 atom stereocenters. The second-order valence-corrected chi connectivity index (χ2v) is 5.20. The Morgan fingerprint density at radius 1 is 1.20 bits per heavy atom. The van der Waals surface area contributed by atoms with E-state index in [1.165, 1.54) is 0 Å². The third-order valence-electron chi connectivity index (χ3n) is 2.20. The fraction of sp³-hybridized carbons (Fsp3) is 1.00. The Kier molecular flexibility index (Phi) is 6.13. The summed E-state index contributed by atoms with van der Waals surface area (Å²) in [7, 11) is -4.18. The highest BCUT2D eigenvalue weighted by Crippen LogP contribution is 2.45. The summed E-state index contributed by atoms with van der Waals surface area (Å²) in [6.07, 6.45) is -0.207. The van der Waals surface area contributed by atoms with E-state index in [4.69, 9.17) is 19.4 Å². The molecule has 0 aliphatic rings. The SMILES string of the molecule is CCC(C)(C)C(O)OCCO[P+](O)(O)O. The number of ether oxygens (including phenoxy) is 1. The number of rotatable bonds is 7. The van der Waals surface area contributed by atoms with Crippen molar-refractivity contribution in [3.05, 3.63) is 0 Å². The topological polar surface area (TPSA) is 99.4 Å².